The van der Waals surface area contributed by atoms with Crippen LogP contribution in [0.3, 0.4) is 0 Å². The molecule has 0 spiro atoms. The molecule has 4 atom stereocenters. The van der Waals surface area contributed by atoms with E-state index in [1.54, 1.807) is 0 Å². The number of hydrogen-bond donors (Lipinski definition) is 6. The summed E-state index contributed by atoms with van der Waals surface area (Å²) in [5.74, 6) is 0. The van der Waals surface area contributed by atoms with Gasteiger partial charge in [-0.1, -0.05) is 0 Å². The van der Waals surface area contributed by atoms with Crippen LogP contribution in [0, 0.1) is 0 Å². The van der Waals surface area contributed by atoms with Crippen LogP contribution in [0.25, 0.3) is 0 Å². The second-order valence-corrected chi connectivity index (χ2v) is 4.31. The van der Waals surface area contributed by atoms with Crippen LogP contribution >= 0.6 is 7.82 Å². The Kier molecular flexibility index (Phi) is 5.86. The number of aliphatic hydroxyl groups is 4. The van der Waals surface area contributed by atoms with Crippen molar-refractivity contribution in [1.29, 1.82) is 0 Å². The van der Waals surface area contributed by atoms with Crippen LogP contribution in [0.4, 0.5) is 0 Å². The summed E-state index contributed by atoms with van der Waals surface area (Å²) in [6.07, 6.45) is -6.37. The molecule has 0 aliphatic heterocycles. The normalized spacial score (nSPS) is 20.7. The lowest BCUT2D eigenvalue weighted by atomic mass is 10.1. The molecule has 0 radical (unpaired) electrons. The lowest BCUT2D eigenvalue weighted by molar-refractivity contribution is -0.109. The van der Waals surface area contributed by atoms with Crippen molar-refractivity contribution in [3.63, 3.8) is 0 Å². The first kappa shape index (κ1) is 14.9. The molecule has 0 saturated heterocycles. The molecule has 0 aromatic heterocycles. The maximum Gasteiger partial charge on any atom is 0.469 e. The first-order chi connectivity index (χ1) is 6.65. The Balaban J connectivity index is 4.10. The third-order valence-electron chi connectivity index (χ3n) is 1.65. The minimum atomic E-state index is -4.73. The minimum absolute atomic E-state index is 0.852. The summed E-state index contributed by atoms with van der Waals surface area (Å²) in [6, 6.07) is 0. The fraction of sp³-hybridized carbons (Fsp3) is 1.00. The van der Waals surface area contributed by atoms with E-state index in [1.807, 2.05) is 0 Å². The van der Waals surface area contributed by atoms with Crippen molar-refractivity contribution < 1.29 is 39.3 Å². The van der Waals surface area contributed by atoms with Gasteiger partial charge in [-0.25, -0.2) is 4.57 Å². The van der Waals surface area contributed by atoms with E-state index < -0.39 is 38.8 Å². The lowest BCUT2D eigenvalue weighted by Crippen LogP contribution is -2.45. The number of rotatable bonds is 6. The highest BCUT2D eigenvalue weighted by molar-refractivity contribution is 7.46. The topological polar surface area (TPSA) is 148 Å². The highest BCUT2D eigenvalue weighted by Gasteiger charge is 2.29. The van der Waals surface area contributed by atoms with E-state index in [0.29, 0.717) is 0 Å². The van der Waals surface area contributed by atoms with Crippen molar-refractivity contribution in [3.8, 4) is 0 Å². The molecule has 15 heavy (non-hydrogen) atoms. The highest BCUT2D eigenvalue weighted by Crippen LogP contribution is 2.35. The molecule has 0 saturated carbocycles. The van der Waals surface area contributed by atoms with Crippen LogP contribution in [0.2, 0.25) is 0 Å². The van der Waals surface area contributed by atoms with Crippen LogP contribution in [-0.2, 0) is 9.09 Å². The molecule has 0 amide bonds. The van der Waals surface area contributed by atoms with Gasteiger partial charge in [-0.3, -0.25) is 4.52 Å². The van der Waals surface area contributed by atoms with E-state index in [9.17, 15) is 4.57 Å². The lowest BCUT2D eigenvalue weighted by Gasteiger charge is -2.24. The van der Waals surface area contributed by atoms with Gasteiger partial charge in [0.15, 0.2) is 0 Å². The zero-order valence-corrected chi connectivity index (χ0v) is 8.86. The van der Waals surface area contributed by atoms with Gasteiger partial charge in [0.25, 0.3) is 0 Å². The third-order valence-corrected chi connectivity index (χ3v) is 2.14. The fourth-order valence-corrected chi connectivity index (χ4v) is 1.13. The molecule has 0 heterocycles. The molecule has 0 rings (SSSR count). The van der Waals surface area contributed by atoms with Gasteiger partial charge in [0, 0.05) is 0 Å². The smallest absolute Gasteiger partial charge is 0.391 e. The molecule has 0 bridgehead atoms. The van der Waals surface area contributed by atoms with Gasteiger partial charge in [-0.05, 0) is 6.92 Å². The van der Waals surface area contributed by atoms with E-state index in [0.717, 1.165) is 0 Å². The number of hydrogen-bond acceptors (Lipinski definition) is 6. The standard InChI is InChI=1S/C6H15O8P/c1-3(7)5(9)6(10)4(8)2-14-15(11,12)13/h3-10H,2H2,1H3,(H2,11,12,13)/t3-,4+,5+,6+/m0/s1. The summed E-state index contributed by atoms with van der Waals surface area (Å²) < 4.78 is 14.1. The molecule has 0 aliphatic rings. The second-order valence-electron chi connectivity index (χ2n) is 3.08. The van der Waals surface area contributed by atoms with Gasteiger partial charge in [-0.2, -0.15) is 0 Å². The van der Waals surface area contributed by atoms with Crippen LogP contribution in [0.15, 0.2) is 0 Å². The van der Waals surface area contributed by atoms with Crippen LogP contribution < -0.4 is 0 Å². The van der Waals surface area contributed by atoms with E-state index in [4.69, 9.17) is 30.2 Å². The first-order valence-corrected chi connectivity index (χ1v) is 5.60. The van der Waals surface area contributed by atoms with Gasteiger partial charge in [0.1, 0.15) is 18.3 Å². The summed E-state index contributed by atoms with van der Waals surface area (Å²) >= 11 is 0. The average molecular weight is 246 g/mol. The van der Waals surface area contributed by atoms with Gasteiger partial charge < -0.3 is 30.2 Å². The molecule has 0 unspecified atom stereocenters. The summed E-state index contributed by atoms with van der Waals surface area (Å²) in [6.45, 7) is 0.333. The summed E-state index contributed by atoms with van der Waals surface area (Å²) in [4.78, 5) is 16.6. The molecular weight excluding hydrogens is 231 g/mol. The molecule has 6 N–H and O–H groups in total. The summed E-state index contributed by atoms with van der Waals surface area (Å²) in [7, 11) is -4.73. The Bertz CT molecular complexity index is 225. The number of aliphatic hydroxyl groups excluding tert-OH is 4. The van der Waals surface area contributed by atoms with Crippen LogP contribution in [0.5, 0.6) is 0 Å². The van der Waals surface area contributed by atoms with E-state index in [2.05, 4.69) is 4.52 Å². The van der Waals surface area contributed by atoms with Crippen molar-refractivity contribution in [2.24, 2.45) is 0 Å². The fourth-order valence-electron chi connectivity index (χ4n) is 0.785. The van der Waals surface area contributed by atoms with Crippen molar-refractivity contribution in [1.82, 2.24) is 0 Å². The molecular formula is C6H15O8P. The highest BCUT2D eigenvalue weighted by atomic mass is 31.2. The third kappa shape index (κ3) is 6.18. The summed E-state index contributed by atoms with van der Waals surface area (Å²) in [5, 5.41) is 36.2. The van der Waals surface area contributed by atoms with Crippen molar-refractivity contribution in [2.75, 3.05) is 6.61 Å². The number of phosphoric acid groups is 1. The minimum Gasteiger partial charge on any atom is -0.391 e. The largest absolute Gasteiger partial charge is 0.469 e. The Morgan fingerprint density at radius 2 is 1.60 bits per heavy atom. The molecule has 0 aliphatic carbocycles. The zero-order valence-electron chi connectivity index (χ0n) is 7.96. The SMILES string of the molecule is C[C@H](O)[C@@H](O)[C@H](O)[C@H](O)COP(=O)(O)O. The van der Waals surface area contributed by atoms with Gasteiger partial charge in [-0.15, -0.1) is 0 Å². The Morgan fingerprint density at radius 1 is 1.13 bits per heavy atom. The van der Waals surface area contributed by atoms with E-state index >= 15 is 0 Å². The second kappa shape index (κ2) is 5.88. The predicted molar refractivity (Wildman–Crippen MR) is 47.7 cm³/mol. The molecule has 0 fully saturated rings. The first-order valence-electron chi connectivity index (χ1n) is 4.07. The van der Waals surface area contributed by atoms with Gasteiger partial charge in [0.05, 0.1) is 12.7 Å². The summed E-state index contributed by atoms with van der Waals surface area (Å²) in [5.41, 5.74) is 0. The van der Waals surface area contributed by atoms with Crippen LogP contribution in [0.1, 0.15) is 6.92 Å². The zero-order chi connectivity index (χ0) is 12.2. The Morgan fingerprint density at radius 3 is 1.93 bits per heavy atom. The molecule has 0 aromatic carbocycles. The Labute approximate surface area is 86.0 Å². The average Bonchev–Trinajstić information content (AvgIpc) is 2.10. The number of phosphoric ester groups is 1. The molecule has 0 aromatic rings. The maximum absolute atomic E-state index is 10.2. The maximum atomic E-state index is 10.2. The van der Waals surface area contributed by atoms with Gasteiger partial charge in [0.2, 0.25) is 0 Å². The van der Waals surface area contributed by atoms with E-state index in [1.165, 1.54) is 6.92 Å². The predicted octanol–water partition coefficient (Wildman–Crippen LogP) is -2.44. The quantitative estimate of drug-likeness (QED) is 0.283. The molecule has 9 heteroatoms. The van der Waals surface area contributed by atoms with Crippen LogP contribution in [-0.4, -0.2) is 61.2 Å². The van der Waals surface area contributed by atoms with Gasteiger partial charge >= 0.3 is 7.82 Å². The van der Waals surface area contributed by atoms with Crippen molar-refractivity contribution >= 4 is 7.82 Å². The molecule has 8 nitrogen and oxygen atoms in total. The van der Waals surface area contributed by atoms with Crippen molar-refractivity contribution in [3.05, 3.63) is 0 Å². The monoisotopic (exact) mass is 246 g/mol. The van der Waals surface area contributed by atoms with Crippen molar-refractivity contribution in [2.45, 2.75) is 31.3 Å². The van der Waals surface area contributed by atoms with E-state index in [-0.39, 0.29) is 0 Å². The Hall–Kier alpha value is -0.0500. The molecule has 92 valence electrons.